The predicted molar refractivity (Wildman–Crippen MR) is 129 cm³/mol. The van der Waals surface area contributed by atoms with Crippen LogP contribution in [0.4, 0.5) is 0 Å². The highest BCUT2D eigenvalue weighted by atomic mass is 32.2. The standard InChI is InChI=1S/C24H27N5OS/c1-4-5-6-10-13-21-27-29-22(25)20(23(30)26-24(29)31-21)15-18-14-16(2)28(17(18)3)19-11-8-7-9-12-19/h7-9,11-12,14-15,25H,4-6,10,13H2,1-3H3. The van der Waals surface area contributed by atoms with Gasteiger partial charge < -0.3 is 4.57 Å². The Balaban J connectivity index is 1.60. The normalized spacial score (nSPS) is 17.3. The lowest BCUT2D eigenvalue weighted by Crippen LogP contribution is -2.35. The van der Waals surface area contributed by atoms with E-state index in [1.54, 1.807) is 6.08 Å². The van der Waals surface area contributed by atoms with Gasteiger partial charge >= 0.3 is 0 Å². The largest absolute Gasteiger partial charge is 0.318 e. The molecule has 1 aromatic heterocycles. The van der Waals surface area contributed by atoms with Crippen LogP contribution in [0.5, 0.6) is 0 Å². The highest BCUT2D eigenvalue weighted by Gasteiger charge is 2.35. The number of para-hydroxylation sites is 1. The van der Waals surface area contributed by atoms with E-state index in [4.69, 9.17) is 5.41 Å². The van der Waals surface area contributed by atoms with Crippen molar-refractivity contribution in [3.05, 3.63) is 58.9 Å². The molecule has 31 heavy (non-hydrogen) atoms. The maximum Gasteiger partial charge on any atom is 0.283 e. The topological polar surface area (TPSA) is 73.8 Å². The maximum absolute atomic E-state index is 12.7. The zero-order valence-electron chi connectivity index (χ0n) is 18.2. The number of aromatic nitrogens is 1. The van der Waals surface area contributed by atoms with Gasteiger partial charge in [-0.2, -0.15) is 15.1 Å². The molecule has 1 aromatic carbocycles. The van der Waals surface area contributed by atoms with Crippen LogP contribution in [-0.4, -0.2) is 31.5 Å². The van der Waals surface area contributed by atoms with Gasteiger partial charge in [-0.3, -0.25) is 10.2 Å². The van der Waals surface area contributed by atoms with Crippen molar-refractivity contribution in [3.8, 4) is 5.69 Å². The van der Waals surface area contributed by atoms with E-state index < -0.39 is 0 Å². The number of aryl methyl sites for hydroxylation is 1. The van der Waals surface area contributed by atoms with Crippen LogP contribution in [0.1, 0.15) is 56.0 Å². The number of benzene rings is 1. The Morgan fingerprint density at radius 2 is 1.90 bits per heavy atom. The van der Waals surface area contributed by atoms with E-state index in [2.05, 4.69) is 33.7 Å². The number of unbranched alkanes of at least 4 members (excludes halogenated alkanes) is 3. The number of fused-ring (bicyclic) bond motifs is 1. The first-order valence-corrected chi connectivity index (χ1v) is 11.5. The minimum Gasteiger partial charge on any atom is -0.318 e. The van der Waals surface area contributed by atoms with Gasteiger partial charge in [-0.1, -0.05) is 44.4 Å². The lowest BCUT2D eigenvalue weighted by atomic mass is 10.1. The number of nitrogens with one attached hydrogen (secondary N) is 1. The van der Waals surface area contributed by atoms with E-state index in [0.29, 0.717) is 5.17 Å². The summed E-state index contributed by atoms with van der Waals surface area (Å²) in [5, 5.41) is 16.1. The Morgan fingerprint density at radius 3 is 2.65 bits per heavy atom. The summed E-state index contributed by atoms with van der Waals surface area (Å²) in [4.78, 5) is 17.0. The summed E-state index contributed by atoms with van der Waals surface area (Å²) >= 11 is 1.41. The fourth-order valence-electron chi connectivity index (χ4n) is 3.90. The quantitative estimate of drug-likeness (QED) is 0.451. The third-order valence-corrected chi connectivity index (χ3v) is 6.49. The van der Waals surface area contributed by atoms with Gasteiger partial charge in [0.05, 0.1) is 5.57 Å². The van der Waals surface area contributed by atoms with Crippen LogP contribution >= 0.6 is 11.8 Å². The predicted octanol–water partition coefficient (Wildman–Crippen LogP) is 5.68. The van der Waals surface area contributed by atoms with Crippen LogP contribution in [0.2, 0.25) is 0 Å². The van der Waals surface area contributed by atoms with Gasteiger partial charge in [0.15, 0.2) is 5.84 Å². The fraction of sp³-hybridized carbons (Fsp3) is 0.333. The third-order valence-electron chi connectivity index (χ3n) is 5.53. The van der Waals surface area contributed by atoms with Crippen molar-refractivity contribution in [3.63, 3.8) is 0 Å². The van der Waals surface area contributed by atoms with Crippen molar-refractivity contribution < 1.29 is 4.79 Å². The zero-order chi connectivity index (χ0) is 22.0. The molecule has 4 rings (SSSR count). The lowest BCUT2D eigenvalue weighted by Gasteiger charge is -2.20. The molecule has 3 heterocycles. The number of nitrogens with zero attached hydrogens (tertiary/aromatic N) is 4. The summed E-state index contributed by atoms with van der Waals surface area (Å²) < 4.78 is 2.15. The summed E-state index contributed by atoms with van der Waals surface area (Å²) in [5.41, 5.74) is 4.33. The Kier molecular flexibility index (Phi) is 6.23. The Labute approximate surface area is 187 Å². The van der Waals surface area contributed by atoms with Crippen molar-refractivity contribution in [2.24, 2.45) is 10.1 Å². The third kappa shape index (κ3) is 4.28. The highest BCUT2D eigenvalue weighted by molar-refractivity contribution is 8.26. The second-order valence-corrected chi connectivity index (χ2v) is 8.86. The molecule has 2 aromatic rings. The number of hydrazone groups is 1. The molecule has 2 aliphatic rings. The summed E-state index contributed by atoms with van der Waals surface area (Å²) in [5.74, 6) is -0.286. The first-order valence-electron chi connectivity index (χ1n) is 10.7. The van der Waals surface area contributed by atoms with Crippen molar-refractivity contribution >= 4 is 39.8 Å². The molecule has 0 saturated carbocycles. The molecule has 0 aliphatic carbocycles. The van der Waals surface area contributed by atoms with Gasteiger partial charge in [0.2, 0.25) is 5.17 Å². The minimum atomic E-state index is -0.379. The molecule has 0 bridgehead atoms. The minimum absolute atomic E-state index is 0.0931. The monoisotopic (exact) mass is 433 g/mol. The van der Waals surface area contributed by atoms with Crippen LogP contribution in [0.25, 0.3) is 11.8 Å². The molecular formula is C24H27N5OS. The molecule has 160 valence electrons. The summed E-state index contributed by atoms with van der Waals surface area (Å²) in [6.45, 7) is 6.25. The Hall–Kier alpha value is -2.93. The number of hydrogen-bond acceptors (Lipinski definition) is 4. The fourth-order valence-corrected chi connectivity index (χ4v) is 4.83. The number of rotatable bonds is 7. The van der Waals surface area contributed by atoms with Crippen LogP contribution in [0, 0.1) is 19.3 Å². The van der Waals surface area contributed by atoms with E-state index in [-0.39, 0.29) is 17.3 Å². The average molecular weight is 434 g/mol. The lowest BCUT2D eigenvalue weighted by molar-refractivity contribution is -0.114. The second kappa shape index (κ2) is 9.06. The van der Waals surface area contributed by atoms with Crippen LogP contribution in [0.15, 0.2) is 52.1 Å². The van der Waals surface area contributed by atoms with Crippen LogP contribution < -0.4 is 0 Å². The number of hydrogen-bond donors (Lipinski definition) is 1. The number of carbonyl (C=O) groups excluding carboxylic acids is 1. The van der Waals surface area contributed by atoms with E-state index >= 15 is 0 Å². The molecule has 1 amide bonds. The van der Waals surface area contributed by atoms with Crippen LogP contribution in [0.3, 0.4) is 0 Å². The number of thioether (sulfide) groups is 1. The zero-order valence-corrected chi connectivity index (χ0v) is 19.0. The van der Waals surface area contributed by atoms with Gasteiger partial charge in [0, 0.05) is 17.1 Å². The summed E-state index contributed by atoms with van der Waals surface area (Å²) in [6.07, 6.45) is 7.27. The highest BCUT2D eigenvalue weighted by Crippen LogP contribution is 2.31. The molecule has 2 aliphatic heterocycles. The maximum atomic E-state index is 12.7. The van der Waals surface area contributed by atoms with Gasteiger partial charge in [0.1, 0.15) is 5.04 Å². The second-order valence-electron chi connectivity index (χ2n) is 7.82. The van der Waals surface area contributed by atoms with Gasteiger partial charge in [0.25, 0.3) is 5.91 Å². The molecule has 0 spiro atoms. The van der Waals surface area contributed by atoms with Gasteiger partial charge in [-0.15, -0.1) is 0 Å². The van der Waals surface area contributed by atoms with E-state index in [1.165, 1.54) is 36.0 Å². The summed E-state index contributed by atoms with van der Waals surface area (Å²) in [6, 6.07) is 12.2. The Morgan fingerprint density at radius 1 is 1.13 bits per heavy atom. The Bertz CT molecular complexity index is 1110. The molecular weight excluding hydrogens is 406 g/mol. The molecule has 1 N–H and O–H groups in total. The number of aliphatic imine (C=N–C) groups is 1. The first kappa shape index (κ1) is 21.3. The molecule has 0 saturated heterocycles. The molecule has 0 fully saturated rings. The smallest absolute Gasteiger partial charge is 0.283 e. The van der Waals surface area contributed by atoms with Crippen molar-refractivity contribution in [2.45, 2.75) is 52.9 Å². The van der Waals surface area contributed by atoms with Gasteiger partial charge in [-0.05, 0) is 68.3 Å². The summed E-state index contributed by atoms with van der Waals surface area (Å²) in [7, 11) is 0. The molecule has 7 heteroatoms. The van der Waals surface area contributed by atoms with Crippen LogP contribution in [-0.2, 0) is 4.79 Å². The van der Waals surface area contributed by atoms with Crippen molar-refractivity contribution in [1.29, 1.82) is 5.41 Å². The molecule has 6 nitrogen and oxygen atoms in total. The SMILES string of the molecule is CCCCCCC1=NN2C(=N)C(=Cc3cc(C)n(-c4ccccc4)c3C)C(=O)N=C2S1. The number of amides is 1. The molecule has 0 unspecified atom stereocenters. The van der Waals surface area contributed by atoms with E-state index in [1.807, 2.05) is 38.1 Å². The van der Waals surface area contributed by atoms with Crippen molar-refractivity contribution in [1.82, 2.24) is 9.58 Å². The number of carbonyl (C=O) groups is 1. The molecule has 0 atom stereocenters. The van der Waals surface area contributed by atoms with Crippen molar-refractivity contribution in [2.75, 3.05) is 0 Å². The average Bonchev–Trinajstić information content (AvgIpc) is 3.29. The molecule has 0 radical (unpaired) electrons. The first-order chi connectivity index (χ1) is 15.0. The van der Waals surface area contributed by atoms with E-state index in [9.17, 15) is 4.79 Å². The van der Waals surface area contributed by atoms with E-state index in [0.717, 1.165) is 40.5 Å². The number of amidine groups is 2. The van der Waals surface area contributed by atoms with Gasteiger partial charge in [-0.25, -0.2) is 0 Å².